The molecule has 3 N–H and O–H groups in total. The number of halogens is 1. The summed E-state index contributed by atoms with van der Waals surface area (Å²) in [7, 11) is 0. The van der Waals surface area contributed by atoms with E-state index in [0.29, 0.717) is 47.6 Å². The molecule has 1 aliphatic rings. The van der Waals surface area contributed by atoms with Gasteiger partial charge in [0.15, 0.2) is 5.65 Å². The van der Waals surface area contributed by atoms with E-state index in [1.165, 1.54) is 4.52 Å². The first-order chi connectivity index (χ1) is 14.5. The van der Waals surface area contributed by atoms with Crippen LogP contribution in [-0.4, -0.2) is 37.5 Å². The number of nitriles is 1. The molecule has 2 atom stereocenters. The van der Waals surface area contributed by atoms with Crippen molar-refractivity contribution in [2.24, 2.45) is 11.0 Å². The Morgan fingerprint density at radius 3 is 3.00 bits per heavy atom. The van der Waals surface area contributed by atoms with Gasteiger partial charge >= 0.3 is 0 Å². The Morgan fingerprint density at radius 1 is 1.47 bits per heavy atom. The molecule has 0 radical (unpaired) electrons. The van der Waals surface area contributed by atoms with Crippen LogP contribution in [0.5, 0.6) is 0 Å². The highest BCUT2D eigenvalue weighted by Crippen LogP contribution is 2.38. The number of aryl methyl sites for hydroxylation is 1. The van der Waals surface area contributed by atoms with Crippen LogP contribution in [0.1, 0.15) is 35.8 Å². The van der Waals surface area contributed by atoms with Gasteiger partial charge in [-0.3, -0.25) is 4.68 Å². The van der Waals surface area contributed by atoms with Gasteiger partial charge in [0.1, 0.15) is 28.3 Å². The Balaban J connectivity index is 1.44. The highest BCUT2D eigenvalue weighted by atomic mass is 35.5. The van der Waals surface area contributed by atoms with Crippen LogP contribution < -0.4 is 11.1 Å². The predicted octanol–water partition coefficient (Wildman–Crippen LogP) is 3.26. The minimum Gasteiger partial charge on any atom is -0.382 e. The lowest BCUT2D eigenvalue weighted by Crippen LogP contribution is -2.31. The Labute approximate surface area is 177 Å². The molecule has 0 spiro atoms. The van der Waals surface area contributed by atoms with E-state index < -0.39 is 0 Å². The zero-order valence-corrected chi connectivity index (χ0v) is 17.1. The van der Waals surface area contributed by atoms with Crippen LogP contribution in [-0.2, 0) is 6.42 Å². The average molecular weight is 426 g/mol. The summed E-state index contributed by atoms with van der Waals surface area (Å²) in [6.07, 6.45) is 4.68. The molecule has 3 aromatic rings. The van der Waals surface area contributed by atoms with Crippen LogP contribution in [0.4, 0.5) is 11.6 Å². The lowest BCUT2D eigenvalue weighted by molar-refractivity contribution is 0.173. The molecule has 11 nitrogen and oxygen atoms in total. The van der Waals surface area contributed by atoms with Gasteiger partial charge in [0.25, 0.3) is 0 Å². The van der Waals surface area contributed by atoms with Crippen LogP contribution in [0, 0.1) is 24.2 Å². The monoisotopic (exact) mass is 425 g/mol. The van der Waals surface area contributed by atoms with Crippen LogP contribution >= 0.6 is 11.6 Å². The molecule has 3 aromatic heterocycles. The number of hydrogen-bond acceptors (Lipinski definition) is 7. The molecule has 1 fully saturated rings. The average Bonchev–Trinajstić information content (AvgIpc) is 3.27. The van der Waals surface area contributed by atoms with Crippen molar-refractivity contribution in [2.45, 2.75) is 32.2 Å². The quantitative estimate of drug-likeness (QED) is 0.335. The van der Waals surface area contributed by atoms with Gasteiger partial charge in [0.05, 0.1) is 17.4 Å². The molecule has 4 rings (SSSR count). The molecule has 0 amide bonds. The van der Waals surface area contributed by atoms with Gasteiger partial charge in [0.2, 0.25) is 0 Å². The van der Waals surface area contributed by atoms with Crippen LogP contribution in [0.25, 0.3) is 16.1 Å². The standard InChI is InChI=1S/C18H20ClN11/c1-10-15(19)18-25-17(13(8-20)16(21)30(18)26-10)23-6-4-12-5-7-29(27-12)14-3-2-11(14)9-24-28-22/h5,7,11,14H,2-4,6,9,21H2,1H3,(H,23,25). The van der Waals surface area contributed by atoms with E-state index in [1.54, 1.807) is 6.92 Å². The molecule has 1 aliphatic carbocycles. The second-order valence-electron chi connectivity index (χ2n) is 7.25. The molecule has 2 unspecified atom stereocenters. The zero-order chi connectivity index (χ0) is 21.3. The van der Waals surface area contributed by atoms with E-state index >= 15 is 0 Å². The minimum atomic E-state index is 0.195. The molecule has 0 aromatic carbocycles. The molecule has 0 bridgehead atoms. The minimum absolute atomic E-state index is 0.195. The number of nitrogens with two attached hydrogens (primary N) is 1. The summed E-state index contributed by atoms with van der Waals surface area (Å²) in [5, 5.41) is 25.6. The molecule has 0 saturated heterocycles. The van der Waals surface area contributed by atoms with Crippen LogP contribution in [0.2, 0.25) is 5.02 Å². The number of nitrogen functional groups attached to an aromatic ring is 1. The maximum atomic E-state index is 9.51. The van der Waals surface area contributed by atoms with Gasteiger partial charge in [-0.15, -0.1) is 0 Å². The number of anilines is 2. The Kier molecular flexibility index (Phi) is 5.35. The third-order valence-electron chi connectivity index (χ3n) is 5.45. The summed E-state index contributed by atoms with van der Waals surface area (Å²) in [5.41, 5.74) is 16.7. The molecule has 0 aliphatic heterocycles. The van der Waals surface area contributed by atoms with Gasteiger partial charge in [-0.2, -0.15) is 20.0 Å². The molecule has 1 saturated carbocycles. The number of rotatable bonds is 7. The van der Waals surface area contributed by atoms with Crippen molar-refractivity contribution < 1.29 is 0 Å². The van der Waals surface area contributed by atoms with E-state index in [9.17, 15) is 5.26 Å². The normalized spacial score (nSPS) is 17.9. The number of fused-ring (bicyclic) bond motifs is 1. The fraction of sp³-hybridized carbons (Fsp3) is 0.444. The Morgan fingerprint density at radius 2 is 2.30 bits per heavy atom. The van der Waals surface area contributed by atoms with Crippen molar-refractivity contribution in [3.63, 3.8) is 0 Å². The van der Waals surface area contributed by atoms with E-state index in [1.807, 2.05) is 16.9 Å². The lowest BCUT2D eigenvalue weighted by Gasteiger charge is -2.35. The maximum Gasteiger partial charge on any atom is 0.178 e. The first-order valence-electron chi connectivity index (χ1n) is 9.56. The Hall–Kier alpha value is -3.48. The van der Waals surface area contributed by atoms with E-state index in [4.69, 9.17) is 22.9 Å². The van der Waals surface area contributed by atoms with Gasteiger partial charge in [-0.1, -0.05) is 16.7 Å². The summed E-state index contributed by atoms with van der Waals surface area (Å²) < 4.78 is 3.34. The van der Waals surface area contributed by atoms with Crippen LogP contribution in [0.15, 0.2) is 17.4 Å². The van der Waals surface area contributed by atoms with E-state index in [2.05, 4.69) is 36.6 Å². The van der Waals surface area contributed by atoms with E-state index in [-0.39, 0.29) is 17.4 Å². The molecular weight excluding hydrogens is 406 g/mol. The van der Waals surface area contributed by atoms with E-state index in [0.717, 1.165) is 18.5 Å². The molecule has 154 valence electrons. The summed E-state index contributed by atoms with van der Waals surface area (Å²) in [6, 6.07) is 4.33. The fourth-order valence-corrected chi connectivity index (χ4v) is 3.81. The second kappa shape index (κ2) is 8.10. The second-order valence-corrected chi connectivity index (χ2v) is 7.63. The highest BCUT2D eigenvalue weighted by Gasteiger charge is 2.32. The van der Waals surface area contributed by atoms with Gasteiger partial charge in [-0.05, 0) is 37.3 Å². The van der Waals surface area contributed by atoms with Crippen molar-refractivity contribution in [2.75, 3.05) is 24.1 Å². The summed E-state index contributed by atoms with van der Waals surface area (Å²) in [4.78, 5) is 7.28. The maximum absolute atomic E-state index is 9.51. The smallest absolute Gasteiger partial charge is 0.178 e. The SMILES string of the molecule is Cc1nn2c(N)c(C#N)c(NCCc3ccn(C4CCC4CN=[N+]=[N-])n3)nc2c1Cl. The molecule has 3 heterocycles. The number of hydrogen-bond donors (Lipinski definition) is 2. The van der Waals surface area contributed by atoms with Crippen molar-refractivity contribution >= 4 is 28.9 Å². The number of aromatic nitrogens is 5. The zero-order valence-electron chi connectivity index (χ0n) is 16.3. The molecule has 12 heteroatoms. The fourth-order valence-electron chi connectivity index (χ4n) is 3.65. The van der Waals surface area contributed by atoms with Crippen molar-refractivity contribution in [1.29, 1.82) is 5.26 Å². The van der Waals surface area contributed by atoms with Gasteiger partial charge in [-0.25, -0.2) is 4.98 Å². The van der Waals surface area contributed by atoms with Gasteiger partial charge < -0.3 is 11.1 Å². The van der Waals surface area contributed by atoms with Crippen molar-refractivity contribution in [1.82, 2.24) is 24.4 Å². The van der Waals surface area contributed by atoms with Crippen LogP contribution in [0.3, 0.4) is 0 Å². The topological polar surface area (TPSA) is 159 Å². The molecule has 30 heavy (non-hydrogen) atoms. The number of nitrogens with one attached hydrogen (secondary N) is 1. The highest BCUT2D eigenvalue weighted by molar-refractivity contribution is 6.34. The van der Waals surface area contributed by atoms with Crippen molar-refractivity contribution in [3.8, 4) is 6.07 Å². The summed E-state index contributed by atoms with van der Waals surface area (Å²) in [6.45, 7) is 2.78. The Bertz CT molecular complexity index is 1180. The number of nitrogens with zero attached hydrogens (tertiary/aromatic N) is 9. The van der Waals surface area contributed by atoms with Crippen molar-refractivity contribution in [3.05, 3.63) is 44.7 Å². The van der Waals surface area contributed by atoms with Gasteiger partial charge in [0, 0.05) is 30.6 Å². The molecular formula is C18H20ClN11. The third kappa shape index (κ3) is 3.47. The lowest BCUT2D eigenvalue weighted by atomic mass is 9.80. The largest absolute Gasteiger partial charge is 0.382 e. The first-order valence-corrected chi connectivity index (χ1v) is 9.94. The third-order valence-corrected chi connectivity index (χ3v) is 5.89. The first kappa shape index (κ1) is 19.8. The number of azide groups is 1. The summed E-state index contributed by atoms with van der Waals surface area (Å²) in [5.74, 6) is 0.908. The predicted molar refractivity (Wildman–Crippen MR) is 112 cm³/mol. The summed E-state index contributed by atoms with van der Waals surface area (Å²) >= 11 is 6.25.